The molecule has 2 nitrogen and oxygen atoms in total. The van der Waals surface area contributed by atoms with Crippen LogP contribution in [0.3, 0.4) is 0 Å². The fourth-order valence-corrected chi connectivity index (χ4v) is 3.72. The molecule has 0 aromatic heterocycles. The molecule has 0 radical (unpaired) electrons. The first-order valence-electron chi connectivity index (χ1n) is 7.88. The van der Waals surface area contributed by atoms with E-state index in [9.17, 15) is 10.4 Å². The number of hydrogen-bond donors (Lipinski definition) is 1. The van der Waals surface area contributed by atoms with E-state index < -0.39 is 11.5 Å². The second-order valence-corrected chi connectivity index (χ2v) is 7.65. The molecule has 1 saturated carbocycles. The smallest absolute Gasteiger partial charge is 0.0981 e. The first kappa shape index (κ1) is 16.0. The maximum Gasteiger partial charge on any atom is 0.0981 e. The van der Waals surface area contributed by atoms with Gasteiger partial charge in [0.15, 0.2) is 0 Å². The molecule has 0 heterocycles. The highest BCUT2D eigenvalue weighted by Crippen LogP contribution is 2.51. The average molecular weight is 285 g/mol. The number of nitriles is 1. The molecule has 1 N–H and O–H groups in total. The van der Waals surface area contributed by atoms with Crippen molar-refractivity contribution in [2.75, 3.05) is 0 Å². The highest BCUT2D eigenvalue weighted by Gasteiger charge is 2.45. The Labute approximate surface area is 128 Å². The van der Waals surface area contributed by atoms with Gasteiger partial charge in [0.05, 0.1) is 17.6 Å². The van der Waals surface area contributed by atoms with Crippen LogP contribution in [0.4, 0.5) is 0 Å². The van der Waals surface area contributed by atoms with Gasteiger partial charge in [0.25, 0.3) is 0 Å². The van der Waals surface area contributed by atoms with E-state index in [2.05, 4.69) is 39.0 Å². The van der Waals surface area contributed by atoms with Crippen LogP contribution in [0, 0.1) is 42.9 Å². The molecular weight excluding hydrogens is 258 g/mol. The first-order chi connectivity index (χ1) is 9.71. The highest BCUT2D eigenvalue weighted by molar-refractivity contribution is 5.40. The maximum atomic E-state index is 11.0. The van der Waals surface area contributed by atoms with E-state index in [4.69, 9.17) is 0 Å². The molecule has 0 saturated heterocycles. The molecule has 1 unspecified atom stereocenters. The van der Waals surface area contributed by atoms with Crippen molar-refractivity contribution in [3.8, 4) is 6.07 Å². The third kappa shape index (κ3) is 2.99. The van der Waals surface area contributed by atoms with E-state index in [-0.39, 0.29) is 5.41 Å². The third-order valence-electron chi connectivity index (χ3n) is 5.25. The molecule has 0 amide bonds. The van der Waals surface area contributed by atoms with E-state index >= 15 is 0 Å². The normalized spacial score (nSPS) is 21.6. The predicted octanol–water partition coefficient (Wildman–Crippen LogP) is 4.76. The van der Waals surface area contributed by atoms with E-state index in [1.54, 1.807) is 0 Å². The minimum atomic E-state index is -0.681. The summed E-state index contributed by atoms with van der Waals surface area (Å²) < 4.78 is 0. The number of aliphatic hydroxyl groups excluding tert-OH is 1. The standard InChI is InChI=1S/C19H27NO/c1-13-10-14(2)16(15(3)11-13)17(21)19(12-20)8-6-18(4,5)7-9-19/h10-11,17,21H,6-9H2,1-5H3. The molecule has 0 spiro atoms. The average Bonchev–Trinajstić information content (AvgIpc) is 2.38. The molecule has 114 valence electrons. The van der Waals surface area contributed by atoms with Crippen LogP contribution in [0.1, 0.15) is 67.9 Å². The quantitative estimate of drug-likeness (QED) is 0.851. The molecule has 1 fully saturated rings. The number of aliphatic hydroxyl groups is 1. The van der Waals surface area contributed by atoms with Gasteiger partial charge in [-0.15, -0.1) is 0 Å². The van der Waals surface area contributed by atoms with Crippen molar-refractivity contribution in [1.82, 2.24) is 0 Å². The Morgan fingerprint density at radius 1 is 1.05 bits per heavy atom. The maximum absolute atomic E-state index is 11.0. The minimum Gasteiger partial charge on any atom is -0.387 e. The largest absolute Gasteiger partial charge is 0.387 e. The van der Waals surface area contributed by atoms with Crippen LogP contribution in [0.5, 0.6) is 0 Å². The second-order valence-electron chi connectivity index (χ2n) is 7.65. The Kier molecular flexibility index (Phi) is 4.17. The summed E-state index contributed by atoms with van der Waals surface area (Å²) in [5.74, 6) is 0. The molecule has 1 aliphatic carbocycles. The van der Waals surface area contributed by atoms with Crippen molar-refractivity contribution in [3.63, 3.8) is 0 Å². The zero-order chi connectivity index (χ0) is 15.8. The predicted molar refractivity (Wildman–Crippen MR) is 85.9 cm³/mol. The summed E-state index contributed by atoms with van der Waals surface area (Å²) in [7, 11) is 0. The van der Waals surface area contributed by atoms with Crippen molar-refractivity contribution in [2.45, 2.75) is 66.4 Å². The van der Waals surface area contributed by atoms with Gasteiger partial charge in [-0.25, -0.2) is 0 Å². The molecule has 1 aromatic carbocycles. The third-order valence-corrected chi connectivity index (χ3v) is 5.25. The molecule has 1 aromatic rings. The summed E-state index contributed by atoms with van der Waals surface area (Å²) in [6, 6.07) is 6.67. The Bertz CT molecular complexity index is 547. The number of benzene rings is 1. The lowest BCUT2D eigenvalue weighted by molar-refractivity contribution is 0.00884. The SMILES string of the molecule is Cc1cc(C)c(C(O)C2(C#N)CCC(C)(C)CC2)c(C)c1. The molecule has 1 aliphatic rings. The lowest BCUT2D eigenvalue weighted by Crippen LogP contribution is -2.35. The van der Waals surface area contributed by atoms with Crippen LogP contribution in [0.2, 0.25) is 0 Å². The van der Waals surface area contributed by atoms with Gasteiger partial charge < -0.3 is 5.11 Å². The summed E-state index contributed by atoms with van der Waals surface area (Å²) in [5, 5.41) is 20.8. The monoisotopic (exact) mass is 285 g/mol. The van der Waals surface area contributed by atoms with Crippen molar-refractivity contribution < 1.29 is 5.11 Å². The lowest BCUT2D eigenvalue weighted by atomic mass is 9.62. The Balaban J connectivity index is 2.39. The Morgan fingerprint density at radius 3 is 1.95 bits per heavy atom. The fraction of sp³-hybridized carbons (Fsp3) is 0.632. The van der Waals surface area contributed by atoms with Gasteiger partial charge in [-0.2, -0.15) is 5.26 Å². The van der Waals surface area contributed by atoms with E-state index in [1.165, 1.54) is 5.56 Å². The Hall–Kier alpha value is -1.33. The zero-order valence-electron chi connectivity index (χ0n) is 14.0. The van der Waals surface area contributed by atoms with E-state index in [1.807, 2.05) is 13.8 Å². The van der Waals surface area contributed by atoms with Gasteiger partial charge in [-0.1, -0.05) is 31.5 Å². The van der Waals surface area contributed by atoms with Crippen LogP contribution in [-0.2, 0) is 0 Å². The van der Waals surface area contributed by atoms with Crippen LogP contribution in [-0.4, -0.2) is 5.11 Å². The molecule has 2 rings (SSSR count). The number of hydrogen-bond acceptors (Lipinski definition) is 2. The number of rotatable bonds is 2. The first-order valence-corrected chi connectivity index (χ1v) is 7.88. The zero-order valence-corrected chi connectivity index (χ0v) is 14.0. The van der Waals surface area contributed by atoms with Gasteiger partial charge in [0.1, 0.15) is 0 Å². The van der Waals surface area contributed by atoms with Gasteiger partial charge in [0.2, 0.25) is 0 Å². The van der Waals surface area contributed by atoms with Crippen LogP contribution >= 0.6 is 0 Å². The van der Waals surface area contributed by atoms with Gasteiger partial charge in [0, 0.05) is 0 Å². The van der Waals surface area contributed by atoms with Gasteiger partial charge in [-0.05, 0) is 68.6 Å². The summed E-state index contributed by atoms with van der Waals surface area (Å²) in [6.07, 6.45) is 2.89. The minimum absolute atomic E-state index is 0.289. The Morgan fingerprint density at radius 2 is 1.52 bits per heavy atom. The number of nitrogens with zero attached hydrogens (tertiary/aromatic N) is 1. The van der Waals surface area contributed by atoms with Crippen molar-refractivity contribution in [1.29, 1.82) is 5.26 Å². The van der Waals surface area contributed by atoms with Crippen molar-refractivity contribution in [2.24, 2.45) is 10.8 Å². The molecule has 2 heteroatoms. The topological polar surface area (TPSA) is 44.0 Å². The second kappa shape index (κ2) is 5.46. The molecule has 0 bridgehead atoms. The fourth-order valence-electron chi connectivity index (χ4n) is 3.72. The summed E-state index contributed by atoms with van der Waals surface area (Å²) in [5.41, 5.74) is 4.02. The highest BCUT2D eigenvalue weighted by atomic mass is 16.3. The van der Waals surface area contributed by atoms with Gasteiger partial charge in [-0.3, -0.25) is 0 Å². The number of aryl methyl sites for hydroxylation is 3. The molecular formula is C19H27NO. The summed E-state index contributed by atoms with van der Waals surface area (Å²) >= 11 is 0. The van der Waals surface area contributed by atoms with Crippen LogP contribution in [0.15, 0.2) is 12.1 Å². The van der Waals surface area contributed by atoms with Crippen molar-refractivity contribution >= 4 is 0 Å². The summed E-state index contributed by atoms with van der Waals surface area (Å²) in [6.45, 7) is 10.7. The lowest BCUT2D eigenvalue weighted by Gasteiger charge is -2.42. The molecule has 21 heavy (non-hydrogen) atoms. The van der Waals surface area contributed by atoms with Crippen molar-refractivity contribution in [3.05, 3.63) is 34.4 Å². The summed E-state index contributed by atoms with van der Waals surface area (Å²) in [4.78, 5) is 0. The van der Waals surface area contributed by atoms with Crippen LogP contribution in [0.25, 0.3) is 0 Å². The molecule has 1 atom stereocenters. The van der Waals surface area contributed by atoms with Gasteiger partial charge >= 0.3 is 0 Å². The van der Waals surface area contributed by atoms with E-state index in [0.29, 0.717) is 0 Å². The van der Waals surface area contributed by atoms with Crippen LogP contribution < -0.4 is 0 Å². The molecule has 0 aliphatic heterocycles. The van der Waals surface area contributed by atoms with E-state index in [0.717, 1.165) is 42.4 Å².